The Bertz CT molecular complexity index is 520. The maximum atomic E-state index is 10.9. The molecule has 17 heavy (non-hydrogen) atoms. The summed E-state index contributed by atoms with van der Waals surface area (Å²) in [6, 6.07) is 11.6. The lowest BCUT2D eigenvalue weighted by Gasteiger charge is -2.02. The van der Waals surface area contributed by atoms with Crippen LogP contribution in [0.25, 0.3) is 11.3 Å². The van der Waals surface area contributed by atoms with Gasteiger partial charge in [0.05, 0.1) is 11.3 Å². The molecule has 0 spiro atoms. The standard InChI is InChI=1S/C13H12N2OS/c1-17-11-5-2-9(3-6-11)12-7-4-10(8-15-12)13(14)16/h2-8H,1H3,(H2,14,16). The van der Waals surface area contributed by atoms with Crippen molar-refractivity contribution in [3.63, 3.8) is 0 Å². The van der Waals surface area contributed by atoms with Gasteiger partial charge in [0.15, 0.2) is 0 Å². The summed E-state index contributed by atoms with van der Waals surface area (Å²) in [6.07, 6.45) is 3.54. The SMILES string of the molecule is CSc1ccc(-c2ccc(C(N)=O)cn2)cc1. The van der Waals surface area contributed by atoms with Crippen LogP contribution in [0, 0.1) is 0 Å². The number of aromatic nitrogens is 1. The number of nitrogens with zero attached hydrogens (tertiary/aromatic N) is 1. The van der Waals surface area contributed by atoms with Crippen molar-refractivity contribution in [3.05, 3.63) is 48.2 Å². The molecule has 86 valence electrons. The van der Waals surface area contributed by atoms with Gasteiger partial charge in [-0.2, -0.15) is 0 Å². The van der Waals surface area contributed by atoms with Crippen LogP contribution in [0.4, 0.5) is 0 Å². The number of carbonyl (C=O) groups is 1. The van der Waals surface area contributed by atoms with Gasteiger partial charge >= 0.3 is 0 Å². The van der Waals surface area contributed by atoms with Gasteiger partial charge in [-0.05, 0) is 30.5 Å². The minimum atomic E-state index is -0.457. The number of carbonyl (C=O) groups excluding carboxylic acids is 1. The Hall–Kier alpha value is -1.81. The van der Waals surface area contributed by atoms with Gasteiger partial charge in [0.25, 0.3) is 0 Å². The van der Waals surface area contributed by atoms with E-state index >= 15 is 0 Å². The molecule has 0 radical (unpaired) electrons. The highest BCUT2D eigenvalue weighted by molar-refractivity contribution is 7.98. The summed E-state index contributed by atoms with van der Waals surface area (Å²) in [5, 5.41) is 0. The fourth-order valence-electron chi connectivity index (χ4n) is 1.47. The third-order valence-electron chi connectivity index (χ3n) is 2.43. The Labute approximate surface area is 104 Å². The third kappa shape index (κ3) is 2.65. The zero-order valence-corrected chi connectivity index (χ0v) is 10.2. The highest BCUT2D eigenvalue weighted by Crippen LogP contribution is 2.21. The number of hydrogen-bond acceptors (Lipinski definition) is 3. The molecule has 1 heterocycles. The smallest absolute Gasteiger partial charge is 0.250 e. The number of nitrogens with two attached hydrogens (primary N) is 1. The lowest BCUT2D eigenvalue weighted by Crippen LogP contribution is -2.10. The minimum Gasteiger partial charge on any atom is -0.366 e. The maximum Gasteiger partial charge on any atom is 0.250 e. The molecule has 0 aliphatic carbocycles. The van der Waals surface area contributed by atoms with Crippen molar-refractivity contribution in [2.75, 3.05) is 6.26 Å². The normalized spacial score (nSPS) is 10.2. The van der Waals surface area contributed by atoms with Crippen molar-refractivity contribution in [2.45, 2.75) is 4.90 Å². The zero-order chi connectivity index (χ0) is 12.3. The van der Waals surface area contributed by atoms with Crippen molar-refractivity contribution in [3.8, 4) is 11.3 Å². The number of thioether (sulfide) groups is 1. The zero-order valence-electron chi connectivity index (χ0n) is 9.38. The van der Waals surface area contributed by atoms with E-state index in [-0.39, 0.29) is 0 Å². The number of rotatable bonds is 3. The highest BCUT2D eigenvalue weighted by atomic mass is 32.2. The molecule has 0 fully saturated rings. The second-order valence-corrected chi connectivity index (χ2v) is 4.40. The molecule has 2 aromatic rings. The minimum absolute atomic E-state index is 0.425. The van der Waals surface area contributed by atoms with E-state index in [4.69, 9.17) is 5.73 Å². The second-order valence-electron chi connectivity index (χ2n) is 3.52. The Morgan fingerprint density at radius 3 is 2.35 bits per heavy atom. The quantitative estimate of drug-likeness (QED) is 0.844. The number of benzene rings is 1. The van der Waals surface area contributed by atoms with E-state index in [1.165, 1.54) is 11.1 Å². The Morgan fingerprint density at radius 2 is 1.88 bits per heavy atom. The Morgan fingerprint density at radius 1 is 1.18 bits per heavy atom. The predicted molar refractivity (Wildman–Crippen MR) is 70.0 cm³/mol. The van der Waals surface area contributed by atoms with Gasteiger partial charge in [0.2, 0.25) is 5.91 Å². The van der Waals surface area contributed by atoms with Gasteiger partial charge in [0, 0.05) is 16.7 Å². The molecule has 4 heteroatoms. The van der Waals surface area contributed by atoms with Crippen LogP contribution in [0.15, 0.2) is 47.5 Å². The predicted octanol–water partition coefficient (Wildman–Crippen LogP) is 2.57. The summed E-state index contributed by atoms with van der Waals surface area (Å²) in [7, 11) is 0. The molecule has 2 N–H and O–H groups in total. The van der Waals surface area contributed by atoms with Gasteiger partial charge < -0.3 is 5.73 Å². The van der Waals surface area contributed by atoms with Gasteiger partial charge in [-0.25, -0.2) is 0 Å². The van der Waals surface area contributed by atoms with Gasteiger partial charge in [0.1, 0.15) is 0 Å². The molecule has 1 amide bonds. The number of primary amides is 1. The largest absolute Gasteiger partial charge is 0.366 e. The van der Waals surface area contributed by atoms with Crippen LogP contribution in [0.1, 0.15) is 10.4 Å². The number of amides is 1. The van der Waals surface area contributed by atoms with E-state index in [2.05, 4.69) is 4.98 Å². The van der Waals surface area contributed by atoms with Crippen LogP contribution < -0.4 is 5.73 Å². The first-order valence-corrected chi connectivity index (χ1v) is 6.33. The van der Waals surface area contributed by atoms with Crippen molar-refractivity contribution in [1.82, 2.24) is 4.98 Å². The summed E-state index contributed by atoms with van der Waals surface area (Å²) < 4.78 is 0. The van der Waals surface area contributed by atoms with E-state index in [1.54, 1.807) is 23.9 Å². The topological polar surface area (TPSA) is 56.0 Å². The highest BCUT2D eigenvalue weighted by Gasteiger charge is 2.02. The van der Waals surface area contributed by atoms with Crippen LogP contribution in [0.2, 0.25) is 0 Å². The van der Waals surface area contributed by atoms with Gasteiger partial charge in [-0.1, -0.05) is 12.1 Å². The van der Waals surface area contributed by atoms with Crippen molar-refractivity contribution in [1.29, 1.82) is 0 Å². The maximum absolute atomic E-state index is 10.9. The summed E-state index contributed by atoms with van der Waals surface area (Å²) >= 11 is 1.70. The summed E-state index contributed by atoms with van der Waals surface area (Å²) in [6.45, 7) is 0. The molecule has 0 bridgehead atoms. The molecule has 0 aliphatic heterocycles. The molecule has 0 unspecified atom stereocenters. The molecule has 0 saturated heterocycles. The number of hydrogen-bond donors (Lipinski definition) is 1. The van der Waals surface area contributed by atoms with Gasteiger partial charge in [-0.15, -0.1) is 11.8 Å². The lowest BCUT2D eigenvalue weighted by atomic mass is 10.1. The average molecular weight is 244 g/mol. The molecule has 1 aromatic heterocycles. The van der Waals surface area contributed by atoms with Crippen molar-refractivity contribution >= 4 is 17.7 Å². The van der Waals surface area contributed by atoms with Crippen molar-refractivity contribution < 1.29 is 4.79 Å². The van der Waals surface area contributed by atoms with Crippen LogP contribution in [-0.4, -0.2) is 17.1 Å². The van der Waals surface area contributed by atoms with Gasteiger partial charge in [-0.3, -0.25) is 9.78 Å². The fraction of sp³-hybridized carbons (Fsp3) is 0.0769. The van der Waals surface area contributed by atoms with E-state index in [0.29, 0.717) is 5.56 Å². The van der Waals surface area contributed by atoms with Crippen LogP contribution in [0.5, 0.6) is 0 Å². The summed E-state index contributed by atoms with van der Waals surface area (Å²) in [4.78, 5) is 16.3. The van der Waals surface area contributed by atoms with Crippen LogP contribution >= 0.6 is 11.8 Å². The summed E-state index contributed by atoms with van der Waals surface area (Å²) in [5.41, 5.74) is 7.45. The van der Waals surface area contributed by atoms with Crippen LogP contribution in [-0.2, 0) is 0 Å². The first-order chi connectivity index (χ1) is 8.20. The molecule has 1 aromatic carbocycles. The Balaban J connectivity index is 2.29. The monoisotopic (exact) mass is 244 g/mol. The van der Waals surface area contributed by atoms with E-state index in [1.807, 2.05) is 30.5 Å². The molecular formula is C13H12N2OS. The lowest BCUT2D eigenvalue weighted by molar-refractivity contribution is 0.1000. The third-order valence-corrected chi connectivity index (χ3v) is 3.18. The number of pyridine rings is 1. The van der Waals surface area contributed by atoms with E-state index in [9.17, 15) is 4.79 Å². The average Bonchev–Trinajstić information content (AvgIpc) is 2.39. The molecule has 0 atom stereocenters. The molecule has 2 rings (SSSR count). The van der Waals surface area contributed by atoms with Crippen LogP contribution in [0.3, 0.4) is 0 Å². The van der Waals surface area contributed by atoms with Crippen molar-refractivity contribution in [2.24, 2.45) is 5.73 Å². The molecule has 0 aliphatic rings. The Kier molecular flexibility index (Phi) is 3.44. The fourth-order valence-corrected chi connectivity index (χ4v) is 1.88. The second kappa shape index (κ2) is 5.01. The summed E-state index contributed by atoms with van der Waals surface area (Å²) in [5.74, 6) is -0.457. The molecular weight excluding hydrogens is 232 g/mol. The first kappa shape index (κ1) is 11.7. The first-order valence-electron chi connectivity index (χ1n) is 5.11. The van der Waals surface area contributed by atoms with E-state index < -0.39 is 5.91 Å². The van der Waals surface area contributed by atoms with E-state index in [0.717, 1.165) is 11.3 Å². The molecule has 0 saturated carbocycles. The molecule has 3 nitrogen and oxygen atoms in total.